The van der Waals surface area contributed by atoms with Crippen LogP contribution in [0.15, 0.2) is 0 Å². The standard InChI is InChI=1S/C14H26N2O3/c1-4-16(10-8-12(17)18)13(19)15-11-7-5-6-9-14(11,2)3/h11H,4-10H2,1-3H3,(H,15,19)(H,17,18). The van der Waals surface area contributed by atoms with Gasteiger partial charge >= 0.3 is 12.0 Å². The van der Waals surface area contributed by atoms with Crippen molar-refractivity contribution in [3.63, 3.8) is 0 Å². The minimum atomic E-state index is -0.871. The van der Waals surface area contributed by atoms with Crippen LogP contribution in [0.25, 0.3) is 0 Å². The fourth-order valence-electron chi connectivity index (χ4n) is 2.64. The molecule has 1 aliphatic rings. The Bertz CT molecular complexity index is 329. The first-order valence-electron chi connectivity index (χ1n) is 7.14. The third kappa shape index (κ3) is 4.73. The van der Waals surface area contributed by atoms with E-state index >= 15 is 0 Å². The molecule has 2 amide bonds. The molecule has 1 saturated carbocycles. The molecule has 0 aliphatic heterocycles. The highest BCUT2D eigenvalue weighted by Gasteiger charge is 2.33. The van der Waals surface area contributed by atoms with Gasteiger partial charge in [-0.05, 0) is 25.2 Å². The lowest BCUT2D eigenvalue weighted by Crippen LogP contribution is -2.51. The summed E-state index contributed by atoms with van der Waals surface area (Å²) >= 11 is 0. The zero-order valence-electron chi connectivity index (χ0n) is 12.2. The summed E-state index contributed by atoms with van der Waals surface area (Å²) in [7, 11) is 0. The number of carboxylic acid groups (broad SMARTS) is 1. The maximum absolute atomic E-state index is 12.2. The quantitative estimate of drug-likeness (QED) is 0.806. The fraction of sp³-hybridized carbons (Fsp3) is 0.857. The molecular formula is C14H26N2O3. The third-order valence-electron chi connectivity index (χ3n) is 4.07. The summed E-state index contributed by atoms with van der Waals surface area (Å²) in [6.45, 7) is 7.04. The number of nitrogens with one attached hydrogen (secondary N) is 1. The van der Waals surface area contributed by atoms with Crippen molar-refractivity contribution in [3.05, 3.63) is 0 Å². The number of rotatable bonds is 5. The second kappa shape index (κ2) is 6.78. The Hall–Kier alpha value is -1.26. The van der Waals surface area contributed by atoms with Crippen molar-refractivity contribution in [2.24, 2.45) is 5.41 Å². The predicted octanol–water partition coefficient (Wildman–Crippen LogP) is 2.46. The number of aliphatic carboxylic acids is 1. The fourth-order valence-corrected chi connectivity index (χ4v) is 2.64. The van der Waals surface area contributed by atoms with Gasteiger partial charge in [-0.3, -0.25) is 4.79 Å². The first-order chi connectivity index (χ1) is 8.86. The normalized spacial score (nSPS) is 21.7. The number of nitrogens with zero attached hydrogens (tertiary/aromatic N) is 1. The van der Waals surface area contributed by atoms with E-state index in [-0.39, 0.29) is 30.5 Å². The Kier molecular flexibility index (Phi) is 5.63. The van der Waals surface area contributed by atoms with E-state index in [1.54, 1.807) is 4.90 Å². The molecule has 2 N–H and O–H groups in total. The summed E-state index contributed by atoms with van der Waals surface area (Å²) in [5, 5.41) is 11.8. The Morgan fingerprint density at radius 1 is 1.37 bits per heavy atom. The van der Waals surface area contributed by atoms with Crippen LogP contribution in [0.1, 0.15) is 52.9 Å². The minimum absolute atomic E-state index is 0.00464. The van der Waals surface area contributed by atoms with Crippen LogP contribution < -0.4 is 5.32 Å². The Morgan fingerprint density at radius 3 is 2.58 bits per heavy atom. The third-order valence-corrected chi connectivity index (χ3v) is 4.07. The number of carboxylic acids is 1. The maximum atomic E-state index is 12.2. The van der Waals surface area contributed by atoms with Crippen LogP contribution in [-0.2, 0) is 4.79 Å². The summed E-state index contributed by atoms with van der Waals surface area (Å²) in [4.78, 5) is 24.3. The van der Waals surface area contributed by atoms with Crippen LogP contribution in [0.5, 0.6) is 0 Å². The molecule has 0 aromatic rings. The molecule has 0 aromatic heterocycles. The van der Waals surface area contributed by atoms with Crippen molar-refractivity contribution in [1.29, 1.82) is 0 Å². The summed E-state index contributed by atoms with van der Waals surface area (Å²) in [5.41, 5.74) is 0.125. The van der Waals surface area contributed by atoms with Gasteiger partial charge in [0.15, 0.2) is 0 Å². The second-order valence-corrected chi connectivity index (χ2v) is 5.96. The Labute approximate surface area is 115 Å². The second-order valence-electron chi connectivity index (χ2n) is 5.96. The number of urea groups is 1. The Balaban J connectivity index is 2.53. The molecule has 1 aliphatic carbocycles. The van der Waals surface area contributed by atoms with E-state index in [1.807, 2.05) is 6.92 Å². The molecule has 1 unspecified atom stereocenters. The summed E-state index contributed by atoms with van der Waals surface area (Å²) < 4.78 is 0. The van der Waals surface area contributed by atoms with Gasteiger partial charge in [0, 0.05) is 19.1 Å². The van der Waals surface area contributed by atoms with Crippen molar-refractivity contribution in [3.8, 4) is 0 Å². The minimum Gasteiger partial charge on any atom is -0.481 e. The van der Waals surface area contributed by atoms with Crippen LogP contribution >= 0.6 is 0 Å². The molecule has 0 heterocycles. The highest BCUT2D eigenvalue weighted by atomic mass is 16.4. The molecule has 0 spiro atoms. The molecule has 0 saturated heterocycles. The number of carbonyl (C=O) groups excluding carboxylic acids is 1. The molecule has 0 radical (unpaired) electrons. The van der Waals surface area contributed by atoms with E-state index < -0.39 is 5.97 Å². The number of hydrogen-bond acceptors (Lipinski definition) is 2. The molecule has 0 aromatic carbocycles. The molecule has 110 valence electrons. The van der Waals surface area contributed by atoms with Gasteiger partial charge in [0.1, 0.15) is 0 Å². The lowest BCUT2D eigenvalue weighted by molar-refractivity contribution is -0.137. The number of amides is 2. The van der Waals surface area contributed by atoms with Crippen LogP contribution in [0.3, 0.4) is 0 Å². The summed E-state index contributed by atoms with van der Waals surface area (Å²) in [6, 6.07) is 0.0522. The molecular weight excluding hydrogens is 244 g/mol. The lowest BCUT2D eigenvalue weighted by atomic mass is 9.73. The zero-order chi connectivity index (χ0) is 14.5. The molecule has 19 heavy (non-hydrogen) atoms. The van der Waals surface area contributed by atoms with Gasteiger partial charge in [-0.25, -0.2) is 4.79 Å². The Morgan fingerprint density at radius 2 is 2.05 bits per heavy atom. The van der Waals surface area contributed by atoms with Crippen molar-refractivity contribution < 1.29 is 14.7 Å². The van der Waals surface area contributed by atoms with Gasteiger partial charge in [0.2, 0.25) is 0 Å². The zero-order valence-corrected chi connectivity index (χ0v) is 12.2. The molecule has 0 bridgehead atoms. The summed E-state index contributed by atoms with van der Waals surface area (Å²) in [6.07, 6.45) is 4.50. The van der Waals surface area contributed by atoms with E-state index in [2.05, 4.69) is 19.2 Å². The monoisotopic (exact) mass is 270 g/mol. The van der Waals surface area contributed by atoms with Crippen molar-refractivity contribution in [2.45, 2.75) is 58.9 Å². The SMILES string of the molecule is CCN(CCC(=O)O)C(=O)NC1CCCCC1(C)C. The van der Waals surface area contributed by atoms with Crippen molar-refractivity contribution >= 4 is 12.0 Å². The highest BCUT2D eigenvalue weighted by Crippen LogP contribution is 2.35. The van der Waals surface area contributed by atoms with E-state index in [1.165, 1.54) is 6.42 Å². The van der Waals surface area contributed by atoms with Crippen LogP contribution in [-0.4, -0.2) is 41.1 Å². The van der Waals surface area contributed by atoms with Gasteiger partial charge in [0.05, 0.1) is 6.42 Å². The van der Waals surface area contributed by atoms with Gasteiger partial charge in [-0.1, -0.05) is 26.7 Å². The highest BCUT2D eigenvalue weighted by molar-refractivity contribution is 5.75. The van der Waals surface area contributed by atoms with E-state index in [9.17, 15) is 9.59 Å². The van der Waals surface area contributed by atoms with Gasteiger partial charge < -0.3 is 15.3 Å². The molecule has 1 atom stereocenters. The smallest absolute Gasteiger partial charge is 0.317 e. The average Bonchev–Trinajstić information content (AvgIpc) is 2.32. The number of carbonyl (C=O) groups is 2. The summed E-state index contributed by atoms with van der Waals surface area (Å²) in [5.74, 6) is -0.871. The van der Waals surface area contributed by atoms with Gasteiger partial charge in [-0.15, -0.1) is 0 Å². The van der Waals surface area contributed by atoms with E-state index in [0.717, 1.165) is 19.3 Å². The molecule has 1 rings (SSSR count). The van der Waals surface area contributed by atoms with E-state index in [4.69, 9.17) is 5.11 Å². The van der Waals surface area contributed by atoms with Crippen LogP contribution in [0.2, 0.25) is 0 Å². The topological polar surface area (TPSA) is 69.6 Å². The largest absolute Gasteiger partial charge is 0.481 e. The van der Waals surface area contributed by atoms with E-state index in [0.29, 0.717) is 6.54 Å². The van der Waals surface area contributed by atoms with Gasteiger partial charge in [-0.2, -0.15) is 0 Å². The first kappa shape index (κ1) is 15.8. The lowest BCUT2D eigenvalue weighted by Gasteiger charge is -2.40. The molecule has 5 nitrogen and oxygen atoms in total. The van der Waals surface area contributed by atoms with Crippen LogP contribution in [0, 0.1) is 5.41 Å². The first-order valence-corrected chi connectivity index (χ1v) is 7.14. The van der Waals surface area contributed by atoms with Crippen LogP contribution in [0.4, 0.5) is 4.79 Å². The molecule has 1 fully saturated rings. The number of hydrogen-bond donors (Lipinski definition) is 2. The average molecular weight is 270 g/mol. The van der Waals surface area contributed by atoms with Crippen molar-refractivity contribution in [2.75, 3.05) is 13.1 Å². The predicted molar refractivity (Wildman–Crippen MR) is 74.1 cm³/mol. The van der Waals surface area contributed by atoms with Gasteiger partial charge in [0.25, 0.3) is 0 Å². The van der Waals surface area contributed by atoms with Crippen molar-refractivity contribution in [1.82, 2.24) is 10.2 Å². The maximum Gasteiger partial charge on any atom is 0.317 e. The molecule has 5 heteroatoms.